The lowest BCUT2D eigenvalue weighted by molar-refractivity contribution is 0.355. The molecule has 0 unspecified atom stereocenters. The van der Waals surface area contributed by atoms with E-state index in [0.29, 0.717) is 34.1 Å². The van der Waals surface area contributed by atoms with E-state index in [0.717, 1.165) is 0 Å². The van der Waals surface area contributed by atoms with Gasteiger partial charge in [-0.2, -0.15) is 4.98 Å². The number of aromatic nitrogens is 2. The zero-order valence-electron chi connectivity index (χ0n) is 16.8. The van der Waals surface area contributed by atoms with E-state index in [4.69, 9.17) is 14.0 Å². The summed E-state index contributed by atoms with van der Waals surface area (Å²) in [5.74, 6) is 1.76. The first kappa shape index (κ1) is 20.4. The molecule has 31 heavy (non-hydrogen) atoms. The Morgan fingerprint density at radius 1 is 0.839 bits per heavy atom. The van der Waals surface area contributed by atoms with E-state index in [2.05, 4.69) is 14.9 Å². The highest BCUT2D eigenvalue weighted by Gasteiger charge is 2.16. The molecule has 8 nitrogen and oxygen atoms in total. The lowest BCUT2D eigenvalue weighted by atomic mass is 10.2. The van der Waals surface area contributed by atoms with E-state index in [1.54, 1.807) is 74.9 Å². The van der Waals surface area contributed by atoms with Crippen LogP contribution >= 0.6 is 0 Å². The van der Waals surface area contributed by atoms with Crippen molar-refractivity contribution in [3.63, 3.8) is 0 Å². The highest BCUT2D eigenvalue weighted by molar-refractivity contribution is 7.92. The number of nitrogens with zero attached hydrogens (tertiary/aromatic N) is 2. The molecule has 0 saturated heterocycles. The number of ether oxygens (including phenoxy) is 2. The van der Waals surface area contributed by atoms with Crippen LogP contribution in [-0.2, 0) is 10.0 Å². The average Bonchev–Trinajstić information content (AvgIpc) is 3.29. The fourth-order valence-electron chi connectivity index (χ4n) is 2.96. The highest BCUT2D eigenvalue weighted by Crippen LogP contribution is 2.32. The number of benzene rings is 3. The maximum absolute atomic E-state index is 12.6. The molecular formula is C22H19N3O5S. The van der Waals surface area contributed by atoms with Crippen molar-refractivity contribution >= 4 is 15.7 Å². The second kappa shape index (κ2) is 8.49. The van der Waals surface area contributed by atoms with Gasteiger partial charge in [0.15, 0.2) is 11.5 Å². The van der Waals surface area contributed by atoms with E-state index in [-0.39, 0.29) is 10.8 Å². The van der Waals surface area contributed by atoms with Gasteiger partial charge in [-0.15, -0.1) is 0 Å². The fourth-order valence-corrected chi connectivity index (χ4v) is 4.03. The number of hydrogen-bond donors (Lipinski definition) is 1. The predicted octanol–water partition coefficient (Wildman–Crippen LogP) is 4.22. The highest BCUT2D eigenvalue weighted by atomic mass is 32.2. The van der Waals surface area contributed by atoms with Crippen LogP contribution in [0.3, 0.4) is 0 Å². The summed E-state index contributed by atoms with van der Waals surface area (Å²) in [6.07, 6.45) is 0. The first-order chi connectivity index (χ1) is 15.0. The number of methoxy groups -OCH3 is 2. The second-order valence-corrected chi connectivity index (χ2v) is 8.17. The van der Waals surface area contributed by atoms with Gasteiger partial charge >= 0.3 is 0 Å². The Kier molecular flexibility index (Phi) is 5.59. The van der Waals surface area contributed by atoms with Gasteiger partial charge in [-0.3, -0.25) is 4.72 Å². The van der Waals surface area contributed by atoms with Crippen molar-refractivity contribution in [3.8, 4) is 34.3 Å². The molecule has 158 valence electrons. The van der Waals surface area contributed by atoms with Crippen LogP contribution in [0.2, 0.25) is 0 Å². The Hall–Kier alpha value is -3.85. The molecule has 0 aliphatic heterocycles. The van der Waals surface area contributed by atoms with Gasteiger partial charge in [-0.1, -0.05) is 29.4 Å². The van der Waals surface area contributed by atoms with Crippen LogP contribution in [0.4, 0.5) is 5.69 Å². The number of rotatable bonds is 7. The van der Waals surface area contributed by atoms with Gasteiger partial charge in [0.25, 0.3) is 15.9 Å². The zero-order valence-corrected chi connectivity index (χ0v) is 17.6. The minimum atomic E-state index is -3.71. The Balaban J connectivity index is 1.60. The maximum Gasteiger partial charge on any atom is 0.261 e. The van der Waals surface area contributed by atoms with Crippen molar-refractivity contribution in [2.75, 3.05) is 18.9 Å². The maximum atomic E-state index is 12.6. The molecule has 0 aliphatic carbocycles. The molecule has 0 atom stereocenters. The number of hydrogen-bond acceptors (Lipinski definition) is 7. The van der Waals surface area contributed by atoms with Crippen molar-refractivity contribution in [2.24, 2.45) is 0 Å². The zero-order chi connectivity index (χ0) is 21.8. The summed E-state index contributed by atoms with van der Waals surface area (Å²) in [5.41, 5.74) is 1.65. The van der Waals surface area contributed by atoms with E-state index in [1.807, 2.05) is 0 Å². The van der Waals surface area contributed by atoms with Crippen LogP contribution in [-0.4, -0.2) is 32.8 Å². The number of anilines is 1. The first-order valence-electron chi connectivity index (χ1n) is 9.24. The molecule has 0 aliphatic rings. The molecule has 0 saturated carbocycles. The lowest BCUT2D eigenvalue weighted by Gasteiger charge is -2.08. The number of nitrogens with one attached hydrogen (secondary N) is 1. The molecule has 0 fully saturated rings. The smallest absolute Gasteiger partial charge is 0.261 e. The van der Waals surface area contributed by atoms with Crippen molar-refractivity contribution < 1.29 is 22.4 Å². The van der Waals surface area contributed by atoms with Gasteiger partial charge < -0.3 is 14.0 Å². The van der Waals surface area contributed by atoms with Crippen LogP contribution in [0.1, 0.15) is 0 Å². The van der Waals surface area contributed by atoms with Gasteiger partial charge in [0.1, 0.15) is 0 Å². The summed E-state index contributed by atoms with van der Waals surface area (Å²) in [6.45, 7) is 0. The topological polar surface area (TPSA) is 104 Å². The molecule has 4 rings (SSSR count). The van der Waals surface area contributed by atoms with Crippen LogP contribution in [0.5, 0.6) is 11.5 Å². The van der Waals surface area contributed by atoms with Crippen molar-refractivity contribution in [3.05, 3.63) is 72.8 Å². The summed E-state index contributed by atoms with van der Waals surface area (Å²) in [6, 6.07) is 20.2. The first-order valence-corrected chi connectivity index (χ1v) is 10.7. The van der Waals surface area contributed by atoms with Crippen molar-refractivity contribution in [1.29, 1.82) is 0 Å². The van der Waals surface area contributed by atoms with E-state index >= 15 is 0 Å². The molecule has 1 heterocycles. The summed E-state index contributed by atoms with van der Waals surface area (Å²) in [7, 11) is -0.601. The molecule has 1 aromatic heterocycles. The minimum Gasteiger partial charge on any atom is -0.493 e. The summed E-state index contributed by atoms with van der Waals surface area (Å²) < 4.78 is 43.6. The molecule has 0 amide bonds. The van der Waals surface area contributed by atoms with E-state index in [9.17, 15) is 8.42 Å². The van der Waals surface area contributed by atoms with Crippen LogP contribution in [0, 0.1) is 0 Å². The van der Waals surface area contributed by atoms with Gasteiger partial charge in [0.2, 0.25) is 5.82 Å². The quantitative estimate of drug-likeness (QED) is 0.462. The van der Waals surface area contributed by atoms with Crippen LogP contribution in [0.25, 0.3) is 22.8 Å². The summed E-state index contributed by atoms with van der Waals surface area (Å²) in [5, 5.41) is 4.02. The average molecular weight is 437 g/mol. The molecule has 3 aromatic carbocycles. The Morgan fingerprint density at radius 2 is 1.61 bits per heavy atom. The monoisotopic (exact) mass is 437 g/mol. The molecule has 0 radical (unpaired) electrons. The summed E-state index contributed by atoms with van der Waals surface area (Å²) in [4.78, 5) is 4.60. The van der Waals surface area contributed by atoms with Crippen molar-refractivity contribution in [1.82, 2.24) is 10.1 Å². The van der Waals surface area contributed by atoms with Gasteiger partial charge in [-0.25, -0.2) is 8.42 Å². The van der Waals surface area contributed by atoms with Crippen LogP contribution in [0.15, 0.2) is 82.2 Å². The van der Waals surface area contributed by atoms with E-state index in [1.165, 1.54) is 12.1 Å². The lowest BCUT2D eigenvalue weighted by Crippen LogP contribution is -2.12. The van der Waals surface area contributed by atoms with Crippen molar-refractivity contribution in [2.45, 2.75) is 4.90 Å². The van der Waals surface area contributed by atoms with Gasteiger partial charge in [0, 0.05) is 16.8 Å². The molecule has 4 aromatic rings. The SMILES string of the molecule is COc1ccc(-c2noc(-c3cccc(NS(=O)(=O)c4ccccc4)c3)n2)cc1OC. The fraction of sp³-hybridized carbons (Fsp3) is 0.0909. The Labute approximate surface area is 179 Å². The number of sulfonamides is 1. The third-order valence-electron chi connectivity index (χ3n) is 4.48. The predicted molar refractivity (Wildman–Crippen MR) is 116 cm³/mol. The molecule has 1 N–H and O–H groups in total. The largest absolute Gasteiger partial charge is 0.493 e. The second-order valence-electron chi connectivity index (χ2n) is 6.49. The third kappa shape index (κ3) is 4.36. The Morgan fingerprint density at radius 3 is 2.35 bits per heavy atom. The molecular weight excluding hydrogens is 418 g/mol. The van der Waals surface area contributed by atoms with Gasteiger partial charge in [-0.05, 0) is 48.5 Å². The van der Waals surface area contributed by atoms with Gasteiger partial charge in [0.05, 0.1) is 19.1 Å². The normalized spacial score (nSPS) is 11.2. The van der Waals surface area contributed by atoms with Crippen LogP contribution < -0.4 is 14.2 Å². The van der Waals surface area contributed by atoms with E-state index < -0.39 is 10.0 Å². The Bertz CT molecular complexity index is 1300. The minimum absolute atomic E-state index is 0.175. The third-order valence-corrected chi connectivity index (χ3v) is 5.88. The molecule has 0 spiro atoms. The molecule has 0 bridgehead atoms. The molecule has 9 heteroatoms. The standard InChI is InChI=1S/C22H19N3O5S/c1-28-19-12-11-15(14-20(19)29-2)21-23-22(30-24-21)16-7-6-8-17(13-16)25-31(26,27)18-9-4-3-5-10-18/h3-14,25H,1-2H3. The summed E-state index contributed by atoms with van der Waals surface area (Å²) >= 11 is 0.